The molecule has 0 aromatic heterocycles. The van der Waals surface area contributed by atoms with Gasteiger partial charge in [0.2, 0.25) is 0 Å². The standard InChI is InChI=1S/C25H38O3/c1-3-4-5-6-7-8-9-10-11-12-13-14-15-16-17-19-22-20-18-21-23(28-2)24(22)25(26)27/h18,20-21H,3-7,10-17,19H2,1-2H3,(H,26,27). The normalized spacial score (nSPS) is 10.4. The lowest BCUT2D eigenvalue weighted by Crippen LogP contribution is -2.05. The minimum absolute atomic E-state index is 0.316. The summed E-state index contributed by atoms with van der Waals surface area (Å²) in [6, 6.07) is 5.48. The van der Waals surface area contributed by atoms with E-state index in [1.165, 1.54) is 64.9 Å². The van der Waals surface area contributed by atoms with Crippen LogP contribution in [0.25, 0.3) is 0 Å². The summed E-state index contributed by atoms with van der Waals surface area (Å²) in [5, 5.41) is 9.41. The van der Waals surface area contributed by atoms with Crippen molar-refractivity contribution in [3.63, 3.8) is 0 Å². The minimum atomic E-state index is -0.906. The van der Waals surface area contributed by atoms with Gasteiger partial charge in [-0.1, -0.05) is 70.4 Å². The van der Waals surface area contributed by atoms with Crippen molar-refractivity contribution in [3.05, 3.63) is 29.3 Å². The first kappa shape index (κ1) is 24.1. The Balaban J connectivity index is 2.06. The second-order valence-corrected chi connectivity index (χ2v) is 7.44. The van der Waals surface area contributed by atoms with Gasteiger partial charge in [-0.25, -0.2) is 4.79 Å². The maximum absolute atomic E-state index is 11.5. The lowest BCUT2D eigenvalue weighted by Gasteiger charge is -2.10. The van der Waals surface area contributed by atoms with Gasteiger partial charge in [-0.15, -0.1) is 11.8 Å². The van der Waals surface area contributed by atoms with Gasteiger partial charge in [-0.3, -0.25) is 0 Å². The highest BCUT2D eigenvalue weighted by Crippen LogP contribution is 2.24. The van der Waals surface area contributed by atoms with E-state index in [1.807, 2.05) is 12.1 Å². The van der Waals surface area contributed by atoms with Crippen LogP contribution in [0.2, 0.25) is 0 Å². The Labute approximate surface area is 171 Å². The lowest BCUT2D eigenvalue weighted by molar-refractivity contribution is 0.0692. The summed E-state index contributed by atoms with van der Waals surface area (Å²) in [4.78, 5) is 11.5. The van der Waals surface area contributed by atoms with E-state index in [1.54, 1.807) is 6.07 Å². The molecular formula is C25H38O3. The molecule has 0 bridgehead atoms. The molecule has 0 heterocycles. The molecule has 0 atom stereocenters. The minimum Gasteiger partial charge on any atom is -0.496 e. The Morgan fingerprint density at radius 2 is 1.46 bits per heavy atom. The highest BCUT2D eigenvalue weighted by atomic mass is 16.5. The number of carboxylic acids is 1. The van der Waals surface area contributed by atoms with Crippen molar-refractivity contribution < 1.29 is 14.6 Å². The molecule has 0 fully saturated rings. The molecule has 156 valence electrons. The Morgan fingerprint density at radius 1 is 0.893 bits per heavy atom. The van der Waals surface area contributed by atoms with E-state index in [0.29, 0.717) is 11.3 Å². The number of aromatic carboxylic acids is 1. The second kappa shape index (κ2) is 16.0. The fourth-order valence-electron chi connectivity index (χ4n) is 3.43. The van der Waals surface area contributed by atoms with Gasteiger partial charge >= 0.3 is 5.97 Å². The van der Waals surface area contributed by atoms with Crippen LogP contribution in [0, 0.1) is 11.8 Å². The fraction of sp³-hybridized carbons (Fsp3) is 0.640. The molecule has 28 heavy (non-hydrogen) atoms. The van der Waals surface area contributed by atoms with Gasteiger partial charge in [-0.05, 0) is 37.3 Å². The number of benzene rings is 1. The molecule has 0 saturated heterocycles. The summed E-state index contributed by atoms with van der Waals surface area (Å²) in [5.74, 6) is 6.15. The number of rotatable bonds is 15. The topological polar surface area (TPSA) is 46.5 Å². The number of carboxylic acid groups (broad SMARTS) is 1. The van der Waals surface area contributed by atoms with Crippen molar-refractivity contribution in [1.82, 2.24) is 0 Å². The summed E-state index contributed by atoms with van der Waals surface area (Å²) in [5.41, 5.74) is 1.19. The van der Waals surface area contributed by atoms with Crippen molar-refractivity contribution in [2.75, 3.05) is 7.11 Å². The number of ether oxygens (including phenoxy) is 1. The zero-order valence-electron chi connectivity index (χ0n) is 17.9. The van der Waals surface area contributed by atoms with Gasteiger partial charge in [0.15, 0.2) is 0 Å². The van der Waals surface area contributed by atoms with Crippen LogP contribution in [-0.4, -0.2) is 18.2 Å². The molecule has 1 aromatic carbocycles. The fourth-order valence-corrected chi connectivity index (χ4v) is 3.43. The van der Waals surface area contributed by atoms with Crippen LogP contribution in [0.15, 0.2) is 18.2 Å². The highest BCUT2D eigenvalue weighted by Gasteiger charge is 2.15. The number of methoxy groups -OCH3 is 1. The van der Waals surface area contributed by atoms with E-state index in [-0.39, 0.29) is 0 Å². The molecule has 0 spiro atoms. The van der Waals surface area contributed by atoms with Crippen molar-refractivity contribution >= 4 is 5.97 Å². The van der Waals surface area contributed by atoms with E-state index in [0.717, 1.165) is 37.7 Å². The summed E-state index contributed by atoms with van der Waals surface area (Å²) in [7, 11) is 1.52. The third-order valence-electron chi connectivity index (χ3n) is 5.07. The average Bonchev–Trinajstić information content (AvgIpc) is 2.70. The summed E-state index contributed by atoms with van der Waals surface area (Å²) in [6.45, 7) is 2.24. The first-order chi connectivity index (χ1) is 13.7. The van der Waals surface area contributed by atoms with Gasteiger partial charge in [0.25, 0.3) is 0 Å². The van der Waals surface area contributed by atoms with Crippen molar-refractivity contribution in [2.45, 2.75) is 96.8 Å². The molecule has 3 heteroatoms. The molecule has 0 saturated carbocycles. The molecule has 0 aliphatic rings. The monoisotopic (exact) mass is 386 g/mol. The van der Waals surface area contributed by atoms with Gasteiger partial charge in [0, 0.05) is 12.8 Å². The average molecular weight is 387 g/mol. The molecule has 1 N–H and O–H groups in total. The van der Waals surface area contributed by atoms with Crippen LogP contribution in [-0.2, 0) is 6.42 Å². The molecule has 1 rings (SSSR count). The van der Waals surface area contributed by atoms with Crippen LogP contribution in [0.5, 0.6) is 5.75 Å². The number of hydrogen-bond donors (Lipinski definition) is 1. The Morgan fingerprint density at radius 3 is 2.04 bits per heavy atom. The molecular weight excluding hydrogens is 348 g/mol. The zero-order valence-corrected chi connectivity index (χ0v) is 17.9. The smallest absolute Gasteiger partial charge is 0.339 e. The molecule has 0 aliphatic heterocycles. The van der Waals surface area contributed by atoms with E-state index >= 15 is 0 Å². The highest BCUT2D eigenvalue weighted by molar-refractivity contribution is 5.92. The first-order valence-electron chi connectivity index (χ1n) is 11.1. The maximum Gasteiger partial charge on any atom is 0.339 e. The van der Waals surface area contributed by atoms with E-state index in [2.05, 4.69) is 18.8 Å². The van der Waals surface area contributed by atoms with Crippen LogP contribution in [0.1, 0.15) is 106 Å². The van der Waals surface area contributed by atoms with Crippen LogP contribution in [0.3, 0.4) is 0 Å². The summed E-state index contributed by atoms with van der Waals surface area (Å²) in [6.07, 6.45) is 16.5. The number of hydrogen-bond acceptors (Lipinski definition) is 2. The molecule has 0 unspecified atom stereocenters. The number of carbonyl (C=O) groups is 1. The lowest BCUT2D eigenvalue weighted by atomic mass is 9.99. The molecule has 0 aliphatic carbocycles. The van der Waals surface area contributed by atoms with Gasteiger partial charge < -0.3 is 9.84 Å². The van der Waals surface area contributed by atoms with E-state index < -0.39 is 5.97 Å². The predicted octanol–water partition coefficient (Wildman–Crippen LogP) is 7.03. The summed E-state index contributed by atoms with van der Waals surface area (Å²) >= 11 is 0. The second-order valence-electron chi connectivity index (χ2n) is 7.44. The van der Waals surface area contributed by atoms with Crippen molar-refractivity contribution in [1.29, 1.82) is 0 Å². The molecule has 0 amide bonds. The molecule has 1 aromatic rings. The third kappa shape index (κ3) is 10.4. The zero-order chi connectivity index (χ0) is 20.5. The molecule has 0 radical (unpaired) electrons. The number of unbranched alkanes of at least 4 members (excludes halogenated alkanes) is 11. The predicted molar refractivity (Wildman–Crippen MR) is 117 cm³/mol. The van der Waals surface area contributed by atoms with Crippen LogP contribution in [0.4, 0.5) is 0 Å². The number of aryl methyl sites for hydroxylation is 1. The largest absolute Gasteiger partial charge is 0.496 e. The van der Waals surface area contributed by atoms with E-state index in [9.17, 15) is 9.90 Å². The van der Waals surface area contributed by atoms with E-state index in [4.69, 9.17) is 4.74 Å². The van der Waals surface area contributed by atoms with Gasteiger partial charge in [-0.2, -0.15) is 0 Å². The van der Waals surface area contributed by atoms with Gasteiger partial charge in [0.1, 0.15) is 11.3 Å². The first-order valence-corrected chi connectivity index (χ1v) is 11.1. The quantitative estimate of drug-likeness (QED) is 0.260. The Hall–Kier alpha value is -1.95. The molecule has 3 nitrogen and oxygen atoms in total. The van der Waals surface area contributed by atoms with Gasteiger partial charge in [0.05, 0.1) is 7.11 Å². The summed E-state index contributed by atoms with van der Waals surface area (Å²) < 4.78 is 5.19. The van der Waals surface area contributed by atoms with Crippen molar-refractivity contribution in [2.24, 2.45) is 0 Å². The SMILES string of the molecule is CCCCCCC#CCCCCCCCCCc1cccc(OC)c1C(=O)O. The maximum atomic E-state index is 11.5. The Kier molecular flexibility index (Phi) is 13.8. The Bertz CT molecular complexity index is 610. The third-order valence-corrected chi connectivity index (χ3v) is 5.07. The van der Waals surface area contributed by atoms with Crippen LogP contribution < -0.4 is 4.74 Å². The van der Waals surface area contributed by atoms with Crippen molar-refractivity contribution in [3.8, 4) is 17.6 Å². The van der Waals surface area contributed by atoms with Crippen LogP contribution >= 0.6 is 0 Å².